The van der Waals surface area contributed by atoms with Crippen molar-refractivity contribution in [2.75, 3.05) is 19.4 Å². The van der Waals surface area contributed by atoms with E-state index in [1.807, 2.05) is 0 Å². The highest BCUT2D eigenvalue weighted by atomic mass is 16.5. The monoisotopic (exact) mass is 278 g/mol. The topological polar surface area (TPSA) is 84.6 Å². The fourth-order valence-corrected chi connectivity index (χ4v) is 2.62. The Balaban J connectivity index is 1.96. The number of ether oxygens (including phenoxy) is 1. The number of aliphatic hydroxyl groups excluding tert-OH is 1. The van der Waals surface area contributed by atoms with Crippen molar-refractivity contribution in [3.8, 4) is 5.75 Å². The van der Waals surface area contributed by atoms with Crippen LogP contribution in [0.25, 0.3) is 0 Å². The molecule has 2 unspecified atom stereocenters. The summed E-state index contributed by atoms with van der Waals surface area (Å²) in [4.78, 5) is 12.1. The van der Waals surface area contributed by atoms with Gasteiger partial charge in [-0.3, -0.25) is 4.79 Å². The van der Waals surface area contributed by atoms with Gasteiger partial charge in [-0.2, -0.15) is 0 Å². The molecule has 0 aromatic heterocycles. The number of benzene rings is 1. The predicted molar refractivity (Wildman–Crippen MR) is 77.7 cm³/mol. The number of aliphatic hydroxyl groups is 1. The second-order valence-electron chi connectivity index (χ2n) is 5.32. The maximum absolute atomic E-state index is 12.1. The zero-order valence-electron chi connectivity index (χ0n) is 11.8. The number of nitrogens with two attached hydrogens (primary N) is 1. The van der Waals surface area contributed by atoms with Crippen molar-refractivity contribution in [2.45, 2.75) is 31.8 Å². The molecule has 1 saturated carbocycles. The van der Waals surface area contributed by atoms with Gasteiger partial charge in [0.15, 0.2) is 0 Å². The van der Waals surface area contributed by atoms with Gasteiger partial charge in [-0.1, -0.05) is 12.8 Å². The molecule has 0 heterocycles. The number of carbonyl (C=O) groups is 1. The summed E-state index contributed by atoms with van der Waals surface area (Å²) in [5, 5.41) is 12.8. The molecule has 20 heavy (non-hydrogen) atoms. The lowest BCUT2D eigenvalue weighted by Crippen LogP contribution is -2.36. The molecule has 0 radical (unpaired) electrons. The smallest absolute Gasteiger partial charge is 0.251 e. The van der Waals surface area contributed by atoms with Crippen molar-refractivity contribution >= 4 is 11.6 Å². The number of carbonyl (C=O) groups excluding carboxylic acids is 1. The summed E-state index contributed by atoms with van der Waals surface area (Å²) in [6, 6.07) is 4.94. The minimum Gasteiger partial charge on any atom is -0.497 e. The number of nitrogen functional groups attached to an aromatic ring is 1. The van der Waals surface area contributed by atoms with Crippen molar-refractivity contribution in [3.63, 3.8) is 0 Å². The number of hydrogen-bond donors (Lipinski definition) is 3. The van der Waals surface area contributed by atoms with Crippen molar-refractivity contribution in [3.05, 3.63) is 23.8 Å². The quantitative estimate of drug-likeness (QED) is 0.730. The molecule has 0 spiro atoms. The summed E-state index contributed by atoms with van der Waals surface area (Å²) < 4.78 is 5.10. The average Bonchev–Trinajstić information content (AvgIpc) is 2.45. The van der Waals surface area contributed by atoms with E-state index in [1.54, 1.807) is 18.2 Å². The van der Waals surface area contributed by atoms with Crippen LogP contribution in [0.3, 0.4) is 0 Å². The zero-order chi connectivity index (χ0) is 14.5. The summed E-state index contributed by atoms with van der Waals surface area (Å²) >= 11 is 0. The molecule has 2 atom stereocenters. The Morgan fingerprint density at radius 3 is 2.85 bits per heavy atom. The van der Waals surface area contributed by atoms with E-state index < -0.39 is 0 Å². The standard InChI is InChI=1S/C15H22N2O3/c1-20-13-7-11(6-12(16)8-13)15(19)17-9-10-4-2-3-5-14(10)18/h6-8,10,14,18H,2-5,9,16H2,1H3,(H,17,19). The van der Waals surface area contributed by atoms with E-state index in [9.17, 15) is 9.90 Å². The minimum atomic E-state index is -0.306. The van der Waals surface area contributed by atoms with Gasteiger partial charge in [0, 0.05) is 29.8 Å². The summed E-state index contributed by atoms with van der Waals surface area (Å²) in [5.41, 5.74) is 6.71. The van der Waals surface area contributed by atoms with Gasteiger partial charge in [-0.15, -0.1) is 0 Å². The van der Waals surface area contributed by atoms with Crippen LogP contribution >= 0.6 is 0 Å². The Labute approximate surface area is 119 Å². The van der Waals surface area contributed by atoms with E-state index in [-0.39, 0.29) is 17.9 Å². The molecule has 1 amide bonds. The SMILES string of the molecule is COc1cc(N)cc(C(=O)NCC2CCCCC2O)c1. The third kappa shape index (κ3) is 3.63. The second-order valence-corrected chi connectivity index (χ2v) is 5.32. The molecule has 0 bridgehead atoms. The fourth-order valence-electron chi connectivity index (χ4n) is 2.62. The van der Waals surface area contributed by atoms with Gasteiger partial charge in [-0.05, 0) is 25.0 Å². The third-order valence-corrected chi connectivity index (χ3v) is 3.82. The van der Waals surface area contributed by atoms with Crippen LogP contribution in [0.1, 0.15) is 36.0 Å². The molecule has 2 rings (SSSR count). The van der Waals surface area contributed by atoms with E-state index in [0.29, 0.717) is 23.5 Å². The van der Waals surface area contributed by atoms with Crippen molar-refractivity contribution in [2.24, 2.45) is 5.92 Å². The van der Waals surface area contributed by atoms with Crippen LogP contribution in [0.5, 0.6) is 5.75 Å². The van der Waals surface area contributed by atoms with Crippen LogP contribution in [0.2, 0.25) is 0 Å². The number of amides is 1. The first-order chi connectivity index (χ1) is 9.60. The highest BCUT2D eigenvalue weighted by Crippen LogP contribution is 2.24. The lowest BCUT2D eigenvalue weighted by atomic mass is 9.86. The van der Waals surface area contributed by atoms with Gasteiger partial charge < -0.3 is 20.9 Å². The molecular formula is C15H22N2O3. The van der Waals surface area contributed by atoms with Crippen LogP contribution in [-0.4, -0.2) is 30.8 Å². The molecule has 1 fully saturated rings. The number of rotatable bonds is 4. The molecule has 5 heteroatoms. The molecule has 0 aliphatic heterocycles. The minimum absolute atomic E-state index is 0.149. The molecule has 1 aromatic rings. The van der Waals surface area contributed by atoms with Gasteiger partial charge in [0.25, 0.3) is 5.91 Å². The molecule has 4 N–H and O–H groups in total. The summed E-state index contributed by atoms with van der Waals surface area (Å²) in [6.45, 7) is 0.497. The van der Waals surface area contributed by atoms with Crippen molar-refractivity contribution in [1.82, 2.24) is 5.32 Å². The Hall–Kier alpha value is -1.75. The van der Waals surface area contributed by atoms with E-state index in [4.69, 9.17) is 10.5 Å². The first-order valence-corrected chi connectivity index (χ1v) is 7.01. The molecule has 1 aliphatic carbocycles. The second kappa shape index (κ2) is 6.61. The highest BCUT2D eigenvalue weighted by Gasteiger charge is 2.23. The largest absolute Gasteiger partial charge is 0.497 e. The predicted octanol–water partition coefficient (Wildman–Crippen LogP) is 1.56. The van der Waals surface area contributed by atoms with Gasteiger partial charge >= 0.3 is 0 Å². The molecular weight excluding hydrogens is 256 g/mol. The van der Waals surface area contributed by atoms with E-state index in [1.165, 1.54) is 7.11 Å². The Morgan fingerprint density at radius 2 is 2.15 bits per heavy atom. The molecule has 0 saturated heterocycles. The first kappa shape index (κ1) is 14.7. The highest BCUT2D eigenvalue weighted by molar-refractivity contribution is 5.95. The molecule has 1 aromatic carbocycles. The Kier molecular flexibility index (Phi) is 4.84. The summed E-state index contributed by atoms with van der Waals surface area (Å²) in [5.74, 6) is 0.525. The van der Waals surface area contributed by atoms with Crippen molar-refractivity contribution < 1.29 is 14.6 Å². The fraction of sp³-hybridized carbons (Fsp3) is 0.533. The van der Waals surface area contributed by atoms with Gasteiger partial charge in [-0.25, -0.2) is 0 Å². The average molecular weight is 278 g/mol. The zero-order valence-corrected chi connectivity index (χ0v) is 11.8. The van der Waals surface area contributed by atoms with E-state index in [0.717, 1.165) is 25.7 Å². The number of methoxy groups -OCH3 is 1. The van der Waals surface area contributed by atoms with E-state index >= 15 is 0 Å². The normalized spacial score (nSPS) is 22.3. The van der Waals surface area contributed by atoms with Crippen LogP contribution in [-0.2, 0) is 0 Å². The lowest BCUT2D eigenvalue weighted by Gasteiger charge is -2.27. The molecule has 1 aliphatic rings. The maximum Gasteiger partial charge on any atom is 0.251 e. The summed E-state index contributed by atoms with van der Waals surface area (Å²) in [6.07, 6.45) is 3.66. The van der Waals surface area contributed by atoms with Crippen molar-refractivity contribution in [1.29, 1.82) is 0 Å². The third-order valence-electron chi connectivity index (χ3n) is 3.82. The molecule has 110 valence electrons. The van der Waals surface area contributed by atoms with Gasteiger partial charge in [0.05, 0.1) is 13.2 Å². The first-order valence-electron chi connectivity index (χ1n) is 7.01. The Morgan fingerprint density at radius 1 is 1.40 bits per heavy atom. The number of anilines is 1. The van der Waals surface area contributed by atoms with Crippen LogP contribution in [0, 0.1) is 5.92 Å². The Bertz CT molecular complexity index is 476. The van der Waals surface area contributed by atoms with Crippen LogP contribution in [0.15, 0.2) is 18.2 Å². The number of nitrogens with one attached hydrogen (secondary N) is 1. The van der Waals surface area contributed by atoms with Crippen LogP contribution < -0.4 is 15.8 Å². The van der Waals surface area contributed by atoms with Gasteiger partial charge in [0.1, 0.15) is 5.75 Å². The lowest BCUT2D eigenvalue weighted by molar-refractivity contribution is 0.0663. The van der Waals surface area contributed by atoms with E-state index in [2.05, 4.69) is 5.32 Å². The number of hydrogen-bond acceptors (Lipinski definition) is 4. The summed E-state index contributed by atoms with van der Waals surface area (Å²) in [7, 11) is 1.54. The van der Waals surface area contributed by atoms with Crippen LogP contribution in [0.4, 0.5) is 5.69 Å². The van der Waals surface area contributed by atoms with Gasteiger partial charge in [0.2, 0.25) is 0 Å². The molecule has 5 nitrogen and oxygen atoms in total. The maximum atomic E-state index is 12.1.